The van der Waals surface area contributed by atoms with Crippen molar-refractivity contribution in [1.82, 2.24) is 5.32 Å². The minimum absolute atomic E-state index is 0.00865. The third-order valence-electron chi connectivity index (χ3n) is 6.65. The van der Waals surface area contributed by atoms with Crippen molar-refractivity contribution in [1.29, 1.82) is 0 Å². The molecule has 0 aliphatic heterocycles. The van der Waals surface area contributed by atoms with E-state index in [0.29, 0.717) is 18.4 Å². The highest BCUT2D eigenvalue weighted by molar-refractivity contribution is 7.92. The van der Waals surface area contributed by atoms with Crippen molar-refractivity contribution in [2.75, 3.05) is 17.0 Å². The molecule has 2 atom stereocenters. The van der Waals surface area contributed by atoms with Gasteiger partial charge in [0.05, 0.1) is 17.6 Å². The van der Waals surface area contributed by atoms with Crippen molar-refractivity contribution in [2.45, 2.75) is 45.7 Å². The Bertz CT molecular complexity index is 942. The van der Waals surface area contributed by atoms with Crippen molar-refractivity contribution in [2.24, 2.45) is 16.7 Å². The zero-order chi connectivity index (χ0) is 22.4. The van der Waals surface area contributed by atoms with Crippen LogP contribution in [0, 0.1) is 16.7 Å². The minimum atomic E-state index is -4.48. The number of hydrogen-bond donors (Lipinski definition) is 2. The third kappa shape index (κ3) is 4.48. The number of anilines is 1. The lowest BCUT2D eigenvalue weighted by atomic mass is 9.70. The Labute approximate surface area is 173 Å². The molecule has 2 aliphatic carbocycles. The summed E-state index contributed by atoms with van der Waals surface area (Å²) in [5.41, 5.74) is -0.530. The summed E-state index contributed by atoms with van der Waals surface area (Å²) in [5, 5.41) is 1.78. The van der Waals surface area contributed by atoms with E-state index >= 15 is 0 Å². The molecule has 2 fully saturated rings. The smallest absolute Gasteiger partial charge is 0.347 e. The fourth-order valence-corrected chi connectivity index (χ4v) is 6.68. The summed E-state index contributed by atoms with van der Waals surface area (Å²) in [5.74, 6) is -0.834. The maximum absolute atomic E-state index is 12.8. The molecule has 2 saturated carbocycles. The third-order valence-corrected chi connectivity index (χ3v) is 8.07. The Morgan fingerprint density at radius 2 is 1.83 bits per heavy atom. The van der Waals surface area contributed by atoms with Crippen LogP contribution in [0.3, 0.4) is 0 Å². The molecule has 6 nitrogen and oxygen atoms in total. The Kier molecular flexibility index (Phi) is 5.68. The van der Waals surface area contributed by atoms with E-state index in [1.54, 1.807) is 5.32 Å². The van der Waals surface area contributed by atoms with Crippen molar-refractivity contribution in [3.63, 3.8) is 0 Å². The lowest BCUT2D eigenvalue weighted by Gasteiger charge is -2.36. The first-order valence-electron chi connectivity index (χ1n) is 9.70. The highest BCUT2D eigenvalue weighted by atomic mass is 32.2. The molecule has 3 rings (SSSR count). The van der Waals surface area contributed by atoms with E-state index in [1.807, 2.05) is 13.8 Å². The fraction of sp³-hybridized carbons (Fsp3) is 0.600. The van der Waals surface area contributed by atoms with Gasteiger partial charge < -0.3 is 5.32 Å². The van der Waals surface area contributed by atoms with Gasteiger partial charge in [0.15, 0.2) is 0 Å². The van der Waals surface area contributed by atoms with Gasteiger partial charge in [-0.05, 0) is 41.9 Å². The number of fused-ring (bicyclic) bond motifs is 2. The second kappa shape index (κ2) is 7.55. The SMILES string of the molecule is CC1(C)[C@H]2CC[C@@]1(CS(=O)(=O)Nc1ccc(CC(=O)NCC(F)(F)F)cc1)C(=O)C2. The predicted octanol–water partition coefficient (Wildman–Crippen LogP) is 3.04. The highest BCUT2D eigenvalue weighted by Gasteiger charge is 2.65. The van der Waals surface area contributed by atoms with Gasteiger partial charge in [0.2, 0.25) is 15.9 Å². The average molecular weight is 446 g/mol. The summed E-state index contributed by atoms with van der Waals surface area (Å²) in [4.78, 5) is 24.1. The Hall–Kier alpha value is -2.10. The number of carbonyl (C=O) groups excluding carboxylic acids is 2. The molecule has 0 spiro atoms. The van der Waals surface area contributed by atoms with Crippen LogP contribution in [0.1, 0.15) is 38.7 Å². The molecule has 1 aromatic rings. The summed E-state index contributed by atoms with van der Waals surface area (Å²) in [6, 6.07) is 5.83. The first kappa shape index (κ1) is 22.6. The van der Waals surface area contributed by atoms with E-state index in [9.17, 15) is 31.2 Å². The van der Waals surface area contributed by atoms with Crippen LogP contribution in [0.4, 0.5) is 18.9 Å². The van der Waals surface area contributed by atoms with Crippen LogP contribution in [-0.2, 0) is 26.0 Å². The van der Waals surface area contributed by atoms with E-state index in [-0.39, 0.29) is 35.0 Å². The maximum atomic E-state index is 12.8. The summed E-state index contributed by atoms with van der Waals surface area (Å²) in [6.45, 7) is 2.52. The van der Waals surface area contributed by atoms with Crippen LogP contribution in [0.5, 0.6) is 0 Å². The van der Waals surface area contributed by atoms with E-state index in [4.69, 9.17) is 0 Å². The Morgan fingerprint density at radius 3 is 2.33 bits per heavy atom. The zero-order valence-corrected chi connectivity index (χ0v) is 17.6. The molecule has 0 unspecified atom stereocenters. The van der Waals surface area contributed by atoms with Crippen LogP contribution in [0.15, 0.2) is 24.3 Å². The molecule has 1 amide bonds. The van der Waals surface area contributed by atoms with Crippen LogP contribution in [0.2, 0.25) is 0 Å². The number of nitrogens with one attached hydrogen (secondary N) is 2. The molecule has 0 saturated heterocycles. The van der Waals surface area contributed by atoms with E-state index in [0.717, 1.165) is 6.42 Å². The van der Waals surface area contributed by atoms with Gasteiger partial charge in [0, 0.05) is 12.1 Å². The topological polar surface area (TPSA) is 92.3 Å². The molecular formula is C20H25F3N2O4S. The number of Topliss-reactive ketones (excluding diaryl/α,β-unsaturated/α-hetero) is 1. The van der Waals surface area contributed by atoms with Gasteiger partial charge in [-0.3, -0.25) is 14.3 Å². The summed E-state index contributed by atoms with van der Waals surface area (Å²) < 4.78 is 64.4. The minimum Gasteiger partial charge on any atom is -0.347 e. The number of rotatable bonds is 7. The van der Waals surface area contributed by atoms with Gasteiger partial charge >= 0.3 is 6.18 Å². The predicted molar refractivity (Wildman–Crippen MR) is 105 cm³/mol. The highest BCUT2D eigenvalue weighted by Crippen LogP contribution is 2.64. The summed E-state index contributed by atoms with van der Waals surface area (Å²) in [6.07, 6.45) is -2.90. The molecule has 10 heteroatoms. The van der Waals surface area contributed by atoms with E-state index in [2.05, 4.69) is 4.72 Å². The number of benzene rings is 1. The maximum Gasteiger partial charge on any atom is 0.405 e. The Morgan fingerprint density at radius 1 is 1.20 bits per heavy atom. The van der Waals surface area contributed by atoms with Crippen LogP contribution < -0.4 is 10.0 Å². The van der Waals surface area contributed by atoms with Crippen molar-refractivity contribution in [3.8, 4) is 0 Å². The number of amides is 1. The molecule has 2 N–H and O–H groups in total. The normalized spacial score (nSPS) is 25.4. The zero-order valence-electron chi connectivity index (χ0n) is 16.8. The quantitative estimate of drug-likeness (QED) is 0.674. The average Bonchev–Trinajstić information content (AvgIpc) is 2.94. The molecule has 1 aromatic carbocycles. The fourth-order valence-electron chi connectivity index (χ4n) is 4.79. The van der Waals surface area contributed by atoms with Crippen LogP contribution in [0.25, 0.3) is 0 Å². The van der Waals surface area contributed by atoms with Crippen molar-refractivity contribution >= 4 is 27.4 Å². The summed E-state index contributed by atoms with van der Waals surface area (Å²) in [7, 11) is -3.80. The lowest BCUT2D eigenvalue weighted by Crippen LogP contribution is -2.43. The first-order chi connectivity index (χ1) is 13.7. The molecule has 0 heterocycles. The van der Waals surface area contributed by atoms with E-state index in [1.165, 1.54) is 24.3 Å². The van der Waals surface area contributed by atoms with Crippen molar-refractivity contribution < 1.29 is 31.2 Å². The molecule has 0 radical (unpaired) electrons. The van der Waals surface area contributed by atoms with Gasteiger partial charge in [-0.2, -0.15) is 13.2 Å². The molecule has 30 heavy (non-hydrogen) atoms. The van der Waals surface area contributed by atoms with Crippen LogP contribution >= 0.6 is 0 Å². The number of halogens is 3. The van der Waals surface area contributed by atoms with E-state index < -0.39 is 34.1 Å². The number of ketones is 1. The Balaban J connectivity index is 1.62. The molecule has 2 bridgehead atoms. The lowest BCUT2D eigenvalue weighted by molar-refractivity contribution is -0.138. The molecule has 0 aromatic heterocycles. The van der Waals surface area contributed by atoms with Crippen molar-refractivity contribution in [3.05, 3.63) is 29.8 Å². The first-order valence-corrected chi connectivity index (χ1v) is 11.4. The van der Waals surface area contributed by atoms with Gasteiger partial charge in [-0.1, -0.05) is 26.0 Å². The standard InChI is InChI=1S/C20H25F3N2O4S/c1-18(2)14-7-8-19(18,16(26)10-14)12-30(28,29)25-15-5-3-13(4-6-15)9-17(27)24-11-20(21,22)23/h3-6,14,25H,7-12H2,1-2H3,(H,24,27)/t14-,19+/m0/s1. The van der Waals surface area contributed by atoms with Gasteiger partial charge in [0.1, 0.15) is 12.3 Å². The van der Waals surface area contributed by atoms with Gasteiger partial charge in [-0.25, -0.2) is 8.42 Å². The number of carbonyl (C=O) groups is 2. The van der Waals surface area contributed by atoms with Gasteiger partial charge in [0.25, 0.3) is 0 Å². The number of sulfonamides is 1. The largest absolute Gasteiger partial charge is 0.405 e. The second-order valence-electron chi connectivity index (χ2n) is 8.79. The molecular weight excluding hydrogens is 421 g/mol. The monoisotopic (exact) mass is 446 g/mol. The number of hydrogen-bond acceptors (Lipinski definition) is 4. The second-order valence-corrected chi connectivity index (χ2v) is 10.5. The molecule has 2 aliphatic rings. The molecule has 166 valence electrons. The summed E-state index contributed by atoms with van der Waals surface area (Å²) >= 11 is 0. The van der Waals surface area contributed by atoms with Crippen LogP contribution in [-0.4, -0.2) is 38.6 Å². The number of alkyl halides is 3. The van der Waals surface area contributed by atoms with Gasteiger partial charge in [-0.15, -0.1) is 0 Å².